The highest BCUT2D eigenvalue weighted by molar-refractivity contribution is 5.82. The second-order valence-electron chi connectivity index (χ2n) is 8.00. The molecule has 0 unspecified atom stereocenters. The molecule has 2 aromatic rings. The number of carbonyl (C=O) groups is 1. The summed E-state index contributed by atoms with van der Waals surface area (Å²) >= 11 is 0. The summed E-state index contributed by atoms with van der Waals surface area (Å²) in [6.07, 6.45) is 1.93. The van der Waals surface area contributed by atoms with Gasteiger partial charge in [0.15, 0.2) is 5.92 Å². The maximum atomic E-state index is 12.7. The topological polar surface area (TPSA) is 59.3 Å². The van der Waals surface area contributed by atoms with Gasteiger partial charge in [-0.15, -0.1) is 0 Å². The van der Waals surface area contributed by atoms with Crippen molar-refractivity contribution in [3.8, 4) is 17.6 Å². The summed E-state index contributed by atoms with van der Waals surface area (Å²) in [5.41, 5.74) is 1.66. The van der Waals surface area contributed by atoms with Crippen LogP contribution in [0.4, 0.5) is 0 Å². The third kappa shape index (κ3) is 4.26. The highest BCUT2D eigenvalue weighted by Gasteiger charge is 2.59. The molecule has 0 spiro atoms. The van der Waals surface area contributed by atoms with E-state index in [1.807, 2.05) is 44.2 Å². The Bertz CT molecular complexity index is 920. The molecule has 2 aromatic carbocycles. The fraction of sp³-hybridized carbons (Fsp3) is 0.333. The highest BCUT2D eigenvalue weighted by Crippen LogP contribution is 2.55. The number of carbonyl (C=O) groups excluding carboxylic acids is 1. The average molecular weight is 375 g/mol. The molecule has 0 heterocycles. The lowest BCUT2D eigenvalue weighted by Gasteiger charge is -2.12. The Morgan fingerprint density at radius 3 is 2.43 bits per heavy atom. The minimum atomic E-state index is -0.983. The number of allylic oxidation sites excluding steroid dienone is 1. The molecule has 0 bridgehead atoms. The molecular formula is C24H25NO3. The molecule has 4 heteroatoms. The Kier molecular flexibility index (Phi) is 5.56. The Balaban J connectivity index is 1.73. The third-order valence-electron chi connectivity index (χ3n) is 5.10. The standard InChI is InChI=1S/C24H25NO3/c1-16(2)13-21-22(24(21,3)4)28-23(26)20(15-25)17-9-8-12-19(14-17)27-18-10-6-5-7-11-18/h5-14,20-22H,1-4H3/t20-,21+,22-/m0/s1. The number of rotatable bonds is 6. The molecule has 1 fully saturated rings. The Morgan fingerprint density at radius 1 is 1.11 bits per heavy atom. The van der Waals surface area contributed by atoms with Crippen LogP contribution in [0, 0.1) is 22.7 Å². The van der Waals surface area contributed by atoms with Gasteiger partial charge >= 0.3 is 5.97 Å². The number of esters is 1. The van der Waals surface area contributed by atoms with E-state index in [-0.39, 0.29) is 17.4 Å². The molecule has 1 aliphatic carbocycles. The van der Waals surface area contributed by atoms with Crippen molar-refractivity contribution in [1.82, 2.24) is 0 Å². The smallest absolute Gasteiger partial charge is 0.328 e. The summed E-state index contributed by atoms with van der Waals surface area (Å²) in [6, 6.07) is 18.5. The second-order valence-corrected chi connectivity index (χ2v) is 8.00. The second kappa shape index (κ2) is 7.90. The van der Waals surface area contributed by atoms with E-state index in [9.17, 15) is 10.1 Å². The van der Waals surface area contributed by atoms with Crippen LogP contribution in [0.25, 0.3) is 0 Å². The van der Waals surface area contributed by atoms with Crippen molar-refractivity contribution in [3.05, 3.63) is 71.8 Å². The van der Waals surface area contributed by atoms with Gasteiger partial charge < -0.3 is 9.47 Å². The summed E-state index contributed by atoms with van der Waals surface area (Å²) in [5, 5.41) is 9.60. The van der Waals surface area contributed by atoms with Gasteiger partial charge in [-0.1, -0.05) is 55.8 Å². The molecule has 1 saturated carbocycles. The van der Waals surface area contributed by atoms with Crippen molar-refractivity contribution in [1.29, 1.82) is 5.26 Å². The van der Waals surface area contributed by atoms with Crippen LogP contribution >= 0.6 is 0 Å². The van der Waals surface area contributed by atoms with Gasteiger partial charge in [0.25, 0.3) is 0 Å². The van der Waals surface area contributed by atoms with Crippen LogP contribution in [0.15, 0.2) is 66.2 Å². The van der Waals surface area contributed by atoms with Crippen molar-refractivity contribution in [2.45, 2.75) is 39.7 Å². The number of nitriles is 1. The predicted octanol–water partition coefficient (Wildman–Crippen LogP) is 5.62. The quantitative estimate of drug-likeness (QED) is 0.486. The van der Waals surface area contributed by atoms with Crippen LogP contribution in [0.1, 0.15) is 39.2 Å². The van der Waals surface area contributed by atoms with E-state index >= 15 is 0 Å². The molecule has 1 aliphatic rings. The van der Waals surface area contributed by atoms with Gasteiger partial charge in [-0.25, -0.2) is 0 Å². The molecule has 3 rings (SSSR count). The lowest BCUT2D eigenvalue weighted by Crippen LogP contribution is -2.18. The van der Waals surface area contributed by atoms with E-state index in [0.717, 1.165) is 0 Å². The van der Waals surface area contributed by atoms with Crippen molar-refractivity contribution < 1.29 is 14.3 Å². The van der Waals surface area contributed by atoms with Gasteiger partial charge in [0, 0.05) is 11.3 Å². The number of ether oxygens (including phenoxy) is 2. The van der Waals surface area contributed by atoms with Crippen molar-refractivity contribution >= 4 is 5.97 Å². The molecule has 0 saturated heterocycles. The van der Waals surface area contributed by atoms with Crippen LogP contribution in [-0.4, -0.2) is 12.1 Å². The molecule has 28 heavy (non-hydrogen) atoms. The fourth-order valence-electron chi connectivity index (χ4n) is 3.35. The Hall–Kier alpha value is -3.06. The molecule has 0 amide bonds. The van der Waals surface area contributed by atoms with E-state index in [1.54, 1.807) is 24.3 Å². The minimum absolute atomic E-state index is 0.106. The van der Waals surface area contributed by atoms with Crippen LogP contribution < -0.4 is 4.74 Å². The first kappa shape index (κ1) is 19.7. The average Bonchev–Trinajstić information content (AvgIpc) is 3.15. The zero-order chi connectivity index (χ0) is 20.3. The third-order valence-corrected chi connectivity index (χ3v) is 5.10. The van der Waals surface area contributed by atoms with E-state index in [4.69, 9.17) is 9.47 Å². The van der Waals surface area contributed by atoms with Gasteiger partial charge in [0.1, 0.15) is 17.6 Å². The van der Waals surface area contributed by atoms with Gasteiger partial charge in [-0.3, -0.25) is 4.79 Å². The summed E-state index contributed by atoms with van der Waals surface area (Å²) in [7, 11) is 0. The maximum Gasteiger partial charge on any atom is 0.328 e. The van der Waals surface area contributed by atoms with Crippen molar-refractivity contribution in [2.75, 3.05) is 0 Å². The van der Waals surface area contributed by atoms with Gasteiger partial charge in [-0.2, -0.15) is 5.26 Å². The van der Waals surface area contributed by atoms with Gasteiger partial charge in [-0.05, 0) is 43.7 Å². The zero-order valence-electron chi connectivity index (χ0n) is 16.7. The van der Waals surface area contributed by atoms with Crippen LogP contribution in [0.5, 0.6) is 11.5 Å². The lowest BCUT2D eigenvalue weighted by atomic mass is 10.0. The minimum Gasteiger partial charge on any atom is -0.460 e. The normalized spacial score (nSPS) is 20.4. The first-order valence-electron chi connectivity index (χ1n) is 9.41. The van der Waals surface area contributed by atoms with E-state index in [1.165, 1.54) is 5.57 Å². The van der Waals surface area contributed by atoms with E-state index in [0.29, 0.717) is 17.1 Å². The number of hydrogen-bond acceptors (Lipinski definition) is 4. The van der Waals surface area contributed by atoms with Crippen LogP contribution in [0.3, 0.4) is 0 Å². The zero-order valence-corrected chi connectivity index (χ0v) is 16.7. The van der Waals surface area contributed by atoms with Crippen molar-refractivity contribution in [2.24, 2.45) is 11.3 Å². The fourth-order valence-corrected chi connectivity index (χ4v) is 3.35. The summed E-state index contributed by atoms with van der Waals surface area (Å²) in [5.74, 6) is -0.0374. The maximum absolute atomic E-state index is 12.7. The number of benzene rings is 2. The van der Waals surface area contributed by atoms with Crippen LogP contribution in [-0.2, 0) is 9.53 Å². The summed E-state index contributed by atoms with van der Waals surface area (Å²) in [6.45, 7) is 8.21. The summed E-state index contributed by atoms with van der Waals surface area (Å²) in [4.78, 5) is 12.7. The number of hydrogen-bond donors (Lipinski definition) is 0. The Labute approximate surface area is 166 Å². The number of nitrogens with zero attached hydrogens (tertiary/aromatic N) is 1. The van der Waals surface area contributed by atoms with Crippen LogP contribution in [0.2, 0.25) is 0 Å². The number of para-hydroxylation sites is 1. The molecule has 0 aromatic heterocycles. The predicted molar refractivity (Wildman–Crippen MR) is 108 cm³/mol. The van der Waals surface area contributed by atoms with Gasteiger partial charge in [0.05, 0.1) is 6.07 Å². The SMILES string of the molecule is CC(C)=C[C@@H]1[C@H](OC(=O)[C@@H](C#N)c2cccc(Oc3ccccc3)c2)C1(C)C. The van der Waals surface area contributed by atoms with E-state index < -0.39 is 11.9 Å². The summed E-state index contributed by atoms with van der Waals surface area (Å²) < 4.78 is 11.5. The highest BCUT2D eigenvalue weighted by atomic mass is 16.6. The first-order chi connectivity index (χ1) is 13.3. The molecular weight excluding hydrogens is 350 g/mol. The lowest BCUT2D eigenvalue weighted by molar-refractivity contribution is -0.146. The Morgan fingerprint density at radius 2 is 1.79 bits per heavy atom. The van der Waals surface area contributed by atoms with E-state index in [2.05, 4.69) is 26.0 Å². The molecule has 4 nitrogen and oxygen atoms in total. The molecule has 0 radical (unpaired) electrons. The molecule has 0 aliphatic heterocycles. The first-order valence-corrected chi connectivity index (χ1v) is 9.41. The molecule has 3 atom stereocenters. The van der Waals surface area contributed by atoms with Crippen molar-refractivity contribution in [3.63, 3.8) is 0 Å². The monoisotopic (exact) mass is 375 g/mol. The van der Waals surface area contributed by atoms with Gasteiger partial charge in [0.2, 0.25) is 0 Å². The largest absolute Gasteiger partial charge is 0.460 e. The molecule has 0 N–H and O–H groups in total. The molecule has 144 valence electrons.